The summed E-state index contributed by atoms with van der Waals surface area (Å²) in [5.41, 5.74) is 0. The Kier molecular flexibility index (Phi) is 21.6. The van der Waals surface area contributed by atoms with Crippen LogP contribution in [0.2, 0.25) is 0 Å². The number of hydrogen-bond acceptors (Lipinski definition) is 7. The van der Waals surface area contributed by atoms with Crippen LogP contribution in [0.5, 0.6) is 0 Å². The molecule has 0 saturated carbocycles. The second-order valence-electron chi connectivity index (χ2n) is 10.6. The van der Waals surface area contributed by atoms with Gasteiger partial charge in [-0.05, 0) is 6.42 Å². The molecule has 0 atom stereocenters. The third-order valence-electron chi connectivity index (χ3n) is 6.41. The number of carbonyl (C=O) groups excluding carboxylic acids is 2. The number of quaternary nitrogens is 1. The molecule has 0 spiro atoms. The molecule has 0 aliphatic rings. The van der Waals surface area contributed by atoms with E-state index in [9.17, 15) is 22.6 Å². The van der Waals surface area contributed by atoms with Crippen LogP contribution in [0.15, 0.2) is 12.2 Å². The van der Waals surface area contributed by atoms with Crippen molar-refractivity contribution < 1.29 is 36.5 Å². The molecule has 0 unspecified atom stereocenters. The number of unbranched alkanes of at least 4 members (excludes halogenated alkanes) is 13. The number of esters is 2. The van der Waals surface area contributed by atoms with E-state index in [1.807, 2.05) is 14.1 Å². The Hall–Kier alpha value is -1.45. The minimum atomic E-state index is -4.19. The Balaban J connectivity index is 3.60. The Morgan fingerprint density at radius 1 is 0.649 bits per heavy atom. The standard InChI is InChI=1S/C28H53NO7S/c1-4-5-6-7-8-9-10-11-12-13-14-15-16-17-24-35-27(30)20-21-28(31)36-25-18-22-29(2,3)23-19-26-37(32,33)34/h20-21H,4-19,22-26H2,1-3H3/b21-20-. The van der Waals surface area contributed by atoms with Crippen molar-refractivity contribution in [2.24, 2.45) is 0 Å². The summed E-state index contributed by atoms with van der Waals surface area (Å²) >= 11 is 0. The van der Waals surface area contributed by atoms with Crippen molar-refractivity contribution >= 4 is 22.1 Å². The maximum absolute atomic E-state index is 11.7. The first-order valence-electron chi connectivity index (χ1n) is 14.3. The van der Waals surface area contributed by atoms with Gasteiger partial charge >= 0.3 is 11.9 Å². The highest BCUT2D eigenvalue weighted by molar-refractivity contribution is 7.85. The van der Waals surface area contributed by atoms with Gasteiger partial charge in [0.05, 0.1) is 50.5 Å². The minimum Gasteiger partial charge on any atom is -0.748 e. The lowest BCUT2D eigenvalue weighted by atomic mass is 10.0. The molecule has 0 N–H and O–H groups in total. The molecular weight excluding hydrogens is 494 g/mol. The average molecular weight is 548 g/mol. The fraction of sp³-hybridized carbons (Fsp3) is 0.857. The summed E-state index contributed by atoms with van der Waals surface area (Å²) in [5.74, 6) is -1.52. The van der Waals surface area contributed by atoms with E-state index in [-0.39, 0.29) is 12.4 Å². The van der Waals surface area contributed by atoms with Crippen molar-refractivity contribution in [3.8, 4) is 0 Å². The third-order valence-corrected chi connectivity index (χ3v) is 7.20. The predicted molar refractivity (Wildman–Crippen MR) is 147 cm³/mol. The van der Waals surface area contributed by atoms with Gasteiger partial charge in [0.15, 0.2) is 0 Å². The smallest absolute Gasteiger partial charge is 0.331 e. The van der Waals surface area contributed by atoms with Crippen LogP contribution in [0.1, 0.15) is 110 Å². The summed E-state index contributed by atoms with van der Waals surface area (Å²) in [4.78, 5) is 23.5. The highest BCUT2D eigenvalue weighted by Gasteiger charge is 2.15. The van der Waals surface area contributed by atoms with E-state index < -0.39 is 22.1 Å². The van der Waals surface area contributed by atoms with E-state index in [4.69, 9.17) is 9.47 Å². The predicted octanol–water partition coefficient (Wildman–Crippen LogP) is 5.51. The lowest BCUT2D eigenvalue weighted by Crippen LogP contribution is -2.42. The average Bonchev–Trinajstić information content (AvgIpc) is 2.82. The minimum absolute atomic E-state index is 0.193. The zero-order valence-corrected chi connectivity index (χ0v) is 24.5. The molecule has 218 valence electrons. The maximum Gasteiger partial charge on any atom is 0.331 e. The molecule has 0 aromatic carbocycles. The topological polar surface area (TPSA) is 110 Å². The molecule has 8 nitrogen and oxygen atoms in total. The lowest BCUT2D eigenvalue weighted by molar-refractivity contribution is -0.890. The van der Waals surface area contributed by atoms with Gasteiger partial charge in [-0.25, -0.2) is 18.0 Å². The van der Waals surface area contributed by atoms with Gasteiger partial charge in [-0.1, -0.05) is 90.4 Å². The molecule has 0 aliphatic heterocycles. The van der Waals surface area contributed by atoms with Gasteiger partial charge in [0.1, 0.15) is 0 Å². The van der Waals surface area contributed by atoms with E-state index in [0.717, 1.165) is 31.4 Å². The van der Waals surface area contributed by atoms with Crippen LogP contribution in [0, 0.1) is 0 Å². The molecule has 0 aromatic heterocycles. The van der Waals surface area contributed by atoms with Crippen molar-refractivity contribution in [3.63, 3.8) is 0 Å². The van der Waals surface area contributed by atoms with E-state index in [2.05, 4.69) is 6.92 Å². The Morgan fingerprint density at radius 3 is 1.46 bits per heavy atom. The SMILES string of the molecule is CCCCCCCCCCCCCCCCOC(=O)/C=C\C(=O)OCCC[N+](C)(C)CCCS(=O)(=O)[O-]. The van der Waals surface area contributed by atoms with Crippen molar-refractivity contribution in [1.29, 1.82) is 0 Å². The molecule has 0 aromatic rings. The fourth-order valence-corrected chi connectivity index (χ4v) is 4.63. The van der Waals surface area contributed by atoms with Crippen LogP contribution in [-0.2, 0) is 29.2 Å². The maximum atomic E-state index is 11.7. The monoisotopic (exact) mass is 547 g/mol. The Labute approximate surface area is 226 Å². The van der Waals surface area contributed by atoms with Crippen molar-refractivity contribution in [3.05, 3.63) is 12.2 Å². The summed E-state index contributed by atoms with van der Waals surface area (Å²) in [6.45, 7) is 4.01. The summed E-state index contributed by atoms with van der Waals surface area (Å²) in [5, 5.41) is 0. The molecule has 0 fully saturated rings. The number of carbonyl (C=O) groups is 2. The zero-order valence-electron chi connectivity index (χ0n) is 23.7. The van der Waals surface area contributed by atoms with E-state index >= 15 is 0 Å². The Bertz CT molecular complexity index is 720. The molecule has 0 bridgehead atoms. The molecule has 0 saturated heterocycles. The molecule has 0 heterocycles. The van der Waals surface area contributed by atoms with E-state index in [1.165, 1.54) is 70.6 Å². The number of nitrogens with zero attached hydrogens (tertiary/aromatic N) is 1. The van der Waals surface area contributed by atoms with Crippen LogP contribution < -0.4 is 0 Å². The molecule has 0 amide bonds. The third kappa shape index (κ3) is 27.4. The van der Waals surface area contributed by atoms with Gasteiger partial charge < -0.3 is 18.5 Å². The number of rotatable bonds is 25. The summed E-state index contributed by atoms with van der Waals surface area (Å²) < 4.78 is 42.8. The molecule has 0 radical (unpaired) electrons. The van der Waals surface area contributed by atoms with Gasteiger partial charge in [0.2, 0.25) is 0 Å². The van der Waals surface area contributed by atoms with Crippen LogP contribution in [0.4, 0.5) is 0 Å². The highest BCUT2D eigenvalue weighted by Crippen LogP contribution is 2.13. The largest absolute Gasteiger partial charge is 0.748 e. The number of ether oxygens (including phenoxy) is 2. The van der Waals surface area contributed by atoms with Crippen LogP contribution in [0.3, 0.4) is 0 Å². The van der Waals surface area contributed by atoms with Gasteiger partial charge in [-0.2, -0.15) is 0 Å². The number of hydrogen-bond donors (Lipinski definition) is 0. The van der Waals surface area contributed by atoms with E-state index in [1.54, 1.807) is 0 Å². The van der Waals surface area contributed by atoms with E-state index in [0.29, 0.717) is 37.0 Å². The van der Waals surface area contributed by atoms with Gasteiger partial charge in [0.25, 0.3) is 0 Å². The van der Waals surface area contributed by atoms with Gasteiger partial charge in [-0.3, -0.25) is 0 Å². The zero-order chi connectivity index (χ0) is 27.8. The van der Waals surface area contributed by atoms with Crippen molar-refractivity contribution in [2.45, 2.75) is 110 Å². The first-order chi connectivity index (χ1) is 17.6. The quantitative estimate of drug-likeness (QED) is 0.0487. The van der Waals surface area contributed by atoms with Crippen LogP contribution in [0.25, 0.3) is 0 Å². The summed E-state index contributed by atoms with van der Waals surface area (Å²) in [6.07, 6.45) is 20.8. The second kappa shape index (κ2) is 22.5. The normalized spacial score (nSPS) is 12.2. The summed E-state index contributed by atoms with van der Waals surface area (Å²) in [7, 11) is -0.343. The van der Waals surface area contributed by atoms with Crippen LogP contribution >= 0.6 is 0 Å². The molecule has 9 heteroatoms. The first-order valence-corrected chi connectivity index (χ1v) is 15.9. The van der Waals surface area contributed by atoms with Crippen molar-refractivity contribution in [1.82, 2.24) is 0 Å². The van der Waals surface area contributed by atoms with Crippen molar-refractivity contribution in [2.75, 3.05) is 46.2 Å². The lowest BCUT2D eigenvalue weighted by Gasteiger charge is -2.29. The second-order valence-corrected chi connectivity index (χ2v) is 12.1. The summed E-state index contributed by atoms with van der Waals surface area (Å²) in [6, 6.07) is 0. The first kappa shape index (κ1) is 35.5. The van der Waals surface area contributed by atoms with Gasteiger partial charge in [-0.15, -0.1) is 0 Å². The highest BCUT2D eigenvalue weighted by atomic mass is 32.2. The molecule has 0 rings (SSSR count). The fourth-order valence-electron chi connectivity index (χ4n) is 4.15. The van der Waals surface area contributed by atoms with Gasteiger partial charge in [0, 0.05) is 30.7 Å². The Morgan fingerprint density at radius 2 is 1.03 bits per heavy atom. The van der Waals surface area contributed by atoms with Crippen LogP contribution in [-0.4, -0.2) is 75.5 Å². The molecule has 37 heavy (non-hydrogen) atoms. The molecule has 0 aliphatic carbocycles. The molecular formula is C28H53NO7S.